The third-order valence-corrected chi connectivity index (χ3v) is 4.57. The first kappa shape index (κ1) is 14.0. The predicted octanol–water partition coefficient (Wildman–Crippen LogP) is 0.365. The van der Waals surface area contributed by atoms with Gasteiger partial charge in [-0.25, -0.2) is 0 Å². The molecule has 7 heteroatoms. The van der Waals surface area contributed by atoms with E-state index in [2.05, 4.69) is 15.6 Å². The van der Waals surface area contributed by atoms with Crippen molar-refractivity contribution in [1.29, 1.82) is 0 Å². The van der Waals surface area contributed by atoms with Gasteiger partial charge in [-0.2, -0.15) is 0 Å². The molecule has 0 bridgehead atoms. The Hall–Kier alpha value is -1.92. The number of aromatic nitrogens is 3. The Kier molecular flexibility index (Phi) is 3.43. The molecule has 1 spiro atoms. The molecule has 114 valence electrons. The van der Waals surface area contributed by atoms with Crippen molar-refractivity contribution in [1.82, 2.24) is 25.2 Å². The zero-order valence-corrected chi connectivity index (χ0v) is 12.5. The summed E-state index contributed by atoms with van der Waals surface area (Å²) in [5, 5.41) is 10.8. The first-order valence-electron chi connectivity index (χ1n) is 7.50. The van der Waals surface area contributed by atoms with Crippen LogP contribution in [0, 0.1) is 0 Å². The zero-order valence-electron chi connectivity index (χ0n) is 12.5. The van der Waals surface area contributed by atoms with Crippen molar-refractivity contribution < 1.29 is 9.59 Å². The molecule has 1 N–H and O–H groups in total. The van der Waals surface area contributed by atoms with Gasteiger partial charge in [0.05, 0.1) is 6.54 Å². The number of rotatable bonds is 2. The van der Waals surface area contributed by atoms with Crippen molar-refractivity contribution in [3.8, 4) is 0 Å². The normalized spacial score (nSPS) is 25.2. The number of nitrogens with one attached hydrogen (secondary N) is 1. The molecule has 0 aromatic carbocycles. The van der Waals surface area contributed by atoms with Gasteiger partial charge < -0.3 is 10.2 Å². The lowest BCUT2D eigenvalue weighted by Gasteiger charge is -2.49. The van der Waals surface area contributed by atoms with Crippen molar-refractivity contribution in [3.63, 3.8) is 0 Å². The van der Waals surface area contributed by atoms with E-state index in [-0.39, 0.29) is 11.8 Å². The molecule has 21 heavy (non-hydrogen) atoms. The van der Waals surface area contributed by atoms with Gasteiger partial charge >= 0.3 is 0 Å². The maximum atomic E-state index is 12.6. The Bertz CT molecular complexity index is 561. The highest BCUT2D eigenvalue weighted by atomic mass is 16.2. The van der Waals surface area contributed by atoms with Gasteiger partial charge in [-0.3, -0.25) is 14.3 Å². The van der Waals surface area contributed by atoms with Crippen molar-refractivity contribution in [2.24, 2.45) is 7.05 Å². The number of piperazine rings is 1. The summed E-state index contributed by atoms with van der Waals surface area (Å²) in [7, 11) is 1.79. The van der Waals surface area contributed by atoms with Gasteiger partial charge in [-0.15, -0.1) is 5.10 Å². The standard InChI is InChI=1S/C14H21N5O2/c1-10-12(20)19(9-11-8-18(2)17-16-11)14(13(21)15-10)6-4-3-5-7-14/h8,10H,3-7,9H2,1-2H3,(H,15,21). The van der Waals surface area contributed by atoms with E-state index in [1.807, 2.05) is 0 Å². The average molecular weight is 291 g/mol. The van der Waals surface area contributed by atoms with Crippen LogP contribution in [0.1, 0.15) is 44.7 Å². The van der Waals surface area contributed by atoms with Crippen LogP contribution in [0.3, 0.4) is 0 Å². The van der Waals surface area contributed by atoms with Crippen LogP contribution >= 0.6 is 0 Å². The summed E-state index contributed by atoms with van der Waals surface area (Å²) in [5.74, 6) is -0.0413. The van der Waals surface area contributed by atoms with Gasteiger partial charge in [0.25, 0.3) is 0 Å². The van der Waals surface area contributed by atoms with Crippen LogP contribution in [0.2, 0.25) is 0 Å². The largest absolute Gasteiger partial charge is 0.343 e. The van der Waals surface area contributed by atoms with Crippen LogP contribution in [0.5, 0.6) is 0 Å². The molecular weight excluding hydrogens is 270 g/mol. The van der Waals surface area contributed by atoms with Crippen molar-refractivity contribution in [2.75, 3.05) is 0 Å². The summed E-state index contributed by atoms with van der Waals surface area (Å²) in [4.78, 5) is 26.9. The van der Waals surface area contributed by atoms with Crippen LogP contribution < -0.4 is 5.32 Å². The highest BCUT2D eigenvalue weighted by Crippen LogP contribution is 2.37. The molecule has 1 atom stereocenters. The molecule has 0 radical (unpaired) electrons. The summed E-state index contributed by atoms with van der Waals surface area (Å²) < 4.78 is 1.61. The van der Waals surface area contributed by atoms with Crippen molar-refractivity contribution >= 4 is 11.8 Å². The van der Waals surface area contributed by atoms with E-state index in [1.54, 1.807) is 29.7 Å². The summed E-state index contributed by atoms with van der Waals surface area (Å²) in [6, 6.07) is -0.471. The molecule has 1 saturated carbocycles. The first-order valence-corrected chi connectivity index (χ1v) is 7.50. The van der Waals surface area contributed by atoms with Crippen LogP contribution in [-0.2, 0) is 23.2 Å². The van der Waals surface area contributed by atoms with Crippen molar-refractivity contribution in [3.05, 3.63) is 11.9 Å². The second-order valence-corrected chi connectivity index (χ2v) is 6.10. The number of amides is 2. The van der Waals surface area contributed by atoms with E-state index >= 15 is 0 Å². The number of nitrogens with zero attached hydrogens (tertiary/aromatic N) is 4. The van der Waals surface area contributed by atoms with Gasteiger partial charge in [0.1, 0.15) is 17.3 Å². The first-order chi connectivity index (χ1) is 10.0. The fraction of sp³-hybridized carbons (Fsp3) is 0.714. The van der Waals surface area contributed by atoms with Crippen LogP contribution in [0.15, 0.2) is 6.20 Å². The molecule has 2 amide bonds. The smallest absolute Gasteiger partial charge is 0.246 e. The summed E-state index contributed by atoms with van der Waals surface area (Å²) in [6.07, 6.45) is 6.34. The van der Waals surface area contributed by atoms with E-state index in [4.69, 9.17) is 0 Å². The zero-order chi connectivity index (χ0) is 15.0. The quantitative estimate of drug-likeness (QED) is 0.853. The van der Waals surface area contributed by atoms with Crippen LogP contribution in [-0.4, -0.2) is 43.3 Å². The highest BCUT2D eigenvalue weighted by molar-refractivity contribution is 5.99. The molecule has 7 nitrogen and oxygen atoms in total. The lowest BCUT2D eigenvalue weighted by Crippen LogP contribution is -2.70. The van der Waals surface area contributed by atoms with E-state index < -0.39 is 11.6 Å². The molecule has 2 aliphatic rings. The molecule has 1 aliphatic carbocycles. The van der Waals surface area contributed by atoms with Crippen LogP contribution in [0.25, 0.3) is 0 Å². The molecule has 1 saturated heterocycles. The third kappa shape index (κ3) is 2.30. The molecule has 3 rings (SSSR count). The number of hydrogen-bond donors (Lipinski definition) is 1. The SMILES string of the molecule is CC1NC(=O)C2(CCCCC2)N(Cc2cn(C)nn2)C1=O. The molecule has 1 unspecified atom stereocenters. The lowest BCUT2D eigenvalue weighted by molar-refractivity contribution is -0.160. The number of carbonyl (C=O) groups is 2. The van der Waals surface area contributed by atoms with Gasteiger partial charge in [0, 0.05) is 13.2 Å². The minimum Gasteiger partial charge on any atom is -0.343 e. The van der Waals surface area contributed by atoms with Crippen molar-refractivity contribution in [2.45, 2.75) is 57.2 Å². The third-order valence-electron chi connectivity index (χ3n) is 4.57. The summed E-state index contributed by atoms with van der Waals surface area (Å²) in [5.41, 5.74) is 0.0250. The maximum Gasteiger partial charge on any atom is 0.246 e. The number of aryl methyl sites for hydroxylation is 1. The van der Waals surface area contributed by atoms with E-state index in [1.165, 1.54) is 0 Å². The molecular formula is C14H21N5O2. The Balaban J connectivity index is 1.93. The Morgan fingerprint density at radius 3 is 2.67 bits per heavy atom. The van der Waals surface area contributed by atoms with Crippen LogP contribution in [0.4, 0.5) is 0 Å². The van der Waals surface area contributed by atoms with E-state index in [0.717, 1.165) is 37.8 Å². The predicted molar refractivity (Wildman–Crippen MR) is 75.0 cm³/mol. The summed E-state index contributed by atoms with van der Waals surface area (Å²) >= 11 is 0. The average Bonchev–Trinajstić information content (AvgIpc) is 2.88. The monoisotopic (exact) mass is 291 g/mol. The second-order valence-electron chi connectivity index (χ2n) is 6.10. The van der Waals surface area contributed by atoms with E-state index in [0.29, 0.717) is 6.54 Å². The Labute approximate surface area is 123 Å². The minimum absolute atomic E-state index is 0.0156. The number of carbonyl (C=O) groups excluding carboxylic acids is 2. The molecule has 1 aromatic rings. The van der Waals surface area contributed by atoms with E-state index in [9.17, 15) is 9.59 Å². The fourth-order valence-electron chi connectivity index (χ4n) is 3.45. The highest BCUT2D eigenvalue weighted by Gasteiger charge is 2.51. The fourth-order valence-corrected chi connectivity index (χ4v) is 3.45. The topological polar surface area (TPSA) is 80.1 Å². The van der Waals surface area contributed by atoms with Gasteiger partial charge in [0.15, 0.2) is 0 Å². The van der Waals surface area contributed by atoms with Gasteiger partial charge in [-0.1, -0.05) is 24.5 Å². The van der Waals surface area contributed by atoms with Gasteiger partial charge in [-0.05, 0) is 19.8 Å². The lowest BCUT2D eigenvalue weighted by atomic mass is 9.77. The molecule has 1 aliphatic heterocycles. The Morgan fingerprint density at radius 1 is 1.33 bits per heavy atom. The number of hydrogen-bond acceptors (Lipinski definition) is 4. The minimum atomic E-state index is -0.695. The van der Waals surface area contributed by atoms with Gasteiger partial charge in [0.2, 0.25) is 11.8 Å². The molecule has 2 fully saturated rings. The Morgan fingerprint density at radius 2 is 2.05 bits per heavy atom. The summed E-state index contributed by atoms with van der Waals surface area (Å²) in [6.45, 7) is 2.09. The second kappa shape index (κ2) is 5.13. The molecule has 2 heterocycles. The maximum absolute atomic E-state index is 12.6. The molecule has 1 aromatic heterocycles.